The molecule has 0 aliphatic carbocycles. The second-order valence-electron chi connectivity index (χ2n) is 5.47. The zero-order valence-electron chi connectivity index (χ0n) is 13.3. The Morgan fingerprint density at radius 2 is 2.13 bits per heavy atom. The predicted molar refractivity (Wildman–Crippen MR) is 95.0 cm³/mol. The molecule has 1 aromatic carbocycles. The van der Waals surface area contributed by atoms with Crippen molar-refractivity contribution in [1.29, 1.82) is 0 Å². The van der Waals surface area contributed by atoms with Gasteiger partial charge in [0.1, 0.15) is 5.70 Å². The van der Waals surface area contributed by atoms with Gasteiger partial charge in [-0.2, -0.15) is 5.10 Å². The number of carbonyl (C=O) groups is 1. The van der Waals surface area contributed by atoms with E-state index in [1.807, 2.05) is 49.7 Å². The number of aryl methyl sites for hydroxylation is 2. The molecule has 0 atom stereocenters. The molecule has 3 rings (SSSR count). The maximum absolute atomic E-state index is 12.7. The van der Waals surface area contributed by atoms with Crippen LogP contribution in [0.3, 0.4) is 0 Å². The van der Waals surface area contributed by atoms with E-state index in [2.05, 4.69) is 10.4 Å². The fourth-order valence-electron chi connectivity index (χ4n) is 2.61. The number of thiocarbonyl (C=S) groups is 1. The highest BCUT2D eigenvalue weighted by molar-refractivity contribution is 7.80. The first-order valence-corrected chi connectivity index (χ1v) is 7.88. The van der Waals surface area contributed by atoms with Crippen LogP contribution in [0.4, 0.5) is 5.69 Å². The third-order valence-electron chi connectivity index (χ3n) is 3.88. The topological polar surface area (TPSA) is 50.2 Å². The summed E-state index contributed by atoms with van der Waals surface area (Å²) in [6, 6.07) is 7.72. The van der Waals surface area contributed by atoms with E-state index in [-0.39, 0.29) is 5.91 Å². The number of rotatable bonds is 3. The molecule has 1 amide bonds. The summed E-state index contributed by atoms with van der Waals surface area (Å²) >= 11 is 5.33. The lowest BCUT2D eigenvalue weighted by Crippen LogP contribution is -2.30. The molecular formula is C17H18N4OS. The average molecular weight is 326 g/mol. The Kier molecular flexibility index (Phi) is 4.00. The quantitative estimate of drug-likeness (QED) is 0.696. The molecule has 1 aliphatic heterocycles. The van der Waals surface area contributed by atoms with E-state index in [1.165, 1.54) is 4.90 Å². The first-order valence-electron chi connectivity index (χ1n) is 7.47. The van der Waals surface area contributed by atoms with E-state index in [0.29, 0.717) is 10.8 Å². The van der Waals surface area contributed by atoms with E-state index in [1.54, 1.807) is 12.3 Å². The van der Waals surface area contributed by atoms with Gasteiger partial charge in [-0.25, -0.2) is 0 Å². The molecule has 0 unspecified atom stereocenters. The number of anilines is 1. The smallest absolute Gasteiger partial charge is 0.281 e. The van der Waals surface area contributed by atoms with Crippen LogP contribution >= 0.6 is 12.2 Å². The molecule has 6 heteroatoms. The van der Waals surface area contributed by atoms with Gasteiger partial charge in [0.05, 0.1) is 11.9 Å². The second kappa shape index (κ2) is 5.96. The summed E-state index contributed by atoms with van der Waals surface area (Å²) in [5.74, 6) is -0.149. The van der Waals surface area contributed by atoms with Crippen molar-refractivity contribution in [3.8, 4) is 0 Å². The Morgan fingerprint density at radius 3 is 2.78 bits per heavy atom. The minimum Gasteiger partial charge on any atom is -0.327 e. The minimum atomic E-state index is -0.149. The summed E-state index contributed by atoms with van der Waals surface area (Å²) in [7, 11) is 0. The SMILES string of the molecule is CCn1ncc(/C=C2/NC(=S)N(c3cccc(C)c3)C2=O)c1C. The van der Waals surface area contributed by atoms with E-state index in [9.17, 15) is 4.79 Å². The Bertz CT molecular complexity index is 822. The van der Waals surface area contributed by atoms with Crippen molar-refractivity contribution in [2.45, 2.75) is 27.3 Å². The van der Waals surface area contributed by atoms with Crippen LogP contribution in [0.1, 0.15) is 23.7 Å². The number of carbonyl (C=O) groups excluding carboxylic acids is 1. The maximum atomic E-state index is 12.7. The highest BCUT2D eigenvalue weighted by atomic mass is 32.1. The van der Waals surface area contributed by atoms with Crippen molar-refractivity contribution in [2.24, 2.45) is 0 Å². The summed E-state index contributed by atoms with van der Waals surface area (Å²) in [6.45, 7) is 6.80. The van der Waals surface area contributed by atoms with Gasteiger partial charge in [0.25, 0.3) is 5.91 Å². The number of hydrogen-bond acceptors (Lipinski definition) is 3. The molecule has 23 heavy (non-hydrogen) atoms. The van der Waals surface area contributed by atoms with Crippen molar-refractivity contribution < 1.29 is 4.79 Å². The molecule has 0 spiro atoms. The van der Waals surface area contributed by atoms with Gasteiger partial charge < -0.3 is 5.32 Å². The van der Waals surface area contributed by atoms with E-state index in [4.69, 9.17) is 12.2 Å². The fraction of sp³-hybridized carbons (Fsp3) is 0.235. The lowest BCUT2D eigenvalue weighted by molar-refractivity contribution is -0.113. The molecule has 2 heterocycles. The van der Waals surface area contributed by atoms with Gasteiger partial charge in [-0.05, 0) is 56.8 Å². The number of aromatic nitrogens is 2. The zero-order chi connectivity index (χ0) is 16.6. The van der Waals surface area contributed by atoms with Crippen LogP contribution in [-0.4, -0.2) is 20.8 Å². The first kappa shape index (κ1) is 15.4. The van der Waals surface area contributed by atoms with Crippen LogP contribution in [0, 0.1) is 13.8 Å². The molecule has 0 radical (unpaired) electrons. The Balaban J connectivity index is 1.95. The third kappa shape index (κ3) is 2.77. The molecule has 1 N–H and O–H groups in total. The highest BCUT2D eigenvalue weighted by Crippen LogP contribution is 2.23. The zero-order valence-corrected chi connectivity index (χ0v) is 14.1. The summed E-state index contributed by atoms with van der Waals surface area (Å²) in [6.07, 6.45) is 3.57. The van der Waals surface area contributed by atoms with Gasteiger partial charge in [-0.3, -0.25) is 14.4 Å². The molecule has 1 aromatic heterocycles. The Hall–Kier alpha value is -2.47. The van der Waals surface area contributed by atoms with Gasteiger partial charge >= 0.3 is 0 Å². The summed E-state index contributed by atoms with van der Waals surface area (Å²) < 4.78 is 1.89. The van der Waals surface area contributed by atoms with Crippen molar-refractivity contribution in [2.75, 3.05) is 4.90 Å². The normalized spacial score (nSPS) is 16.3. The Morgan fingerprint density at radius 1 is 1.35 bits per heavy atom. The van der Waals surface area contributed by atoms with Crippen LogP contribution in [0.2, 0.25) is 0 Å². The standard InChI is InChI=1S/C17H18N4OS/c1-4-20-12(3)13(10-18-20)9-15-16(22)21(17(23)19-15)14-7-5-6-11(2)8-14/h5-10H,4H2,1-3H3,(H,19,23)/b15-9+. The second-order valence-corrected chi connectivity index (χ2v) is 5.86. The molecule has 118 valence electrons. The van der Waals surface area contributed by atoms with Crippen LogP contribution < -0.4 is 10.2 Å². The number of hydrogen-bond donors (Lipinski definition) is 1. The molecule has 0 bridgehead atoms. The summed E-state index contributed by atoms with van der Waals surface area (Å²) in [5, 5.41) is 7.70. The van der Waals surface area contributed by atoms with Gasteiger partial charge in [-0.1, -0.05) is 12.1 Å². The monoisotopic (exact) mass is 326 g/mol. The first-order chi connectivity index (χ1) is 11.0. The molecule has 0 saturated carbocycles. The van der Waals surface area contributed by atoms with Gasteiger partial charge in [0, 0.05) is 17.8 Å². The van der Waals surface area contributed by atoms with Crippen LogP contribution in [-0.2, 0) is 11.3 Å². The molecular weight excluding hydrogens is 308 g/mol. The lowest BCUT2D eigenvalue weighted by Gasteiger charge is -2.14. The third-order valence-corrected chi connectivity index (χ3v) is 4.16. The van der Waals surface area contributed by atoms with Crippen molar-refractivity contribution >= 4 is 35.0 Å². The summed E-state index contributed by atoms with van der Waals surface area (Å²) in [5.41, 5.74) is 4.26. The number of benzene rings is 1. The maximum Gasteiger partial charge on any atom is 0.281 e. The Labute approximate surface area is 140 Å². The molecule has 2 aromatic rings. The van der Waals surface area contributed by atoms with E-state index in [0.717, 1.165) is 29.1 Å². The van der Waals surface area contributed by atoms with Crippen molar-refractivity contribution in [3.05, 3.63) is 53.0 Å². The predicted octanol–water partition coefficient (Wildman–Crippen LogP) is 2.78. The van der Waals surface area contributed by atoms with Crippen molar-refractivity contribution in [1.82, 2.24) is 15.1 Å². The highest BCUT2D eigenvalue weighted by Gasteiger charge is 2.32. The summed E-state index contributed by atoms with van der Waals surface area (Å²) in [4.78, 5) is 14.2. The fourth-order valence-corrected chi connectivity index (χ4v) is 2.91. The van der Waals surface area contributed by atoms with Gasteiger partial charge in [0.2, 0.25) is 0 Å². The molecule has 1 saturated heterocycles. The molecule has 5 nitrogen and oxygen atoms in total. The van der Waals surface area contributed by atoms with Crippen LogP contribution in [0.25, 0.3) is 6.08 Å². The number of nitrogens with zero attached hydrogens (tertiary/aromatic N) is 3. The van der Waals surface area contributed by atoms with E-state index < -0.39 is 0 Å². The number of amides is 1. The van der Waals surface area contributed by atoms with E-state index >= 15 is 0 Å². The lowest BCUT2D eigenvalue weighted by atomic mass is 10.2. The average Bonchev–Trinajstić information content (AvgIpc) is 3.00. The molecule has 1 fully saturated rings. The van der Waals surface area contributed by atoms with Crippen molar-refractivity contribution in [3.63, 3.8) is 0 Å². The molecule has 1 aliphatic rings. The van der Waals surface area contributed by atoms with Gasteiger partial charge in [0.15, 0.2) is 5.11 Å². The van der Waals surface area contributed by atoms with Crippen LogP contribution in [0.15, 0.2) is 36.2 Å². The number of nitrogens with one attached hydrogen (secondary N) is 1. The van der Waals surface area contributed by atoms with Crippen LogP contribution in [0.5, 0.6) is 0 Å². The minimum absolute atomic E-state index is 0.149. The van der Waals surface area contributed by atoms with Gasteiger partial charge in [-0.15, -0.1) is 0 Å². The largest absolute Gasteiger partial charge is 0.327 e.